The summed E-state index contributed by atoms with van der Waals surface area (Å²) in [6, 6.07) is 0. The first-order chi connectivity index (χ1) is 11.3. The Morgan fingerprint density at radius 3 is 2.39 bits per heavy atom. The molecule has 2 aliphatic rings. The molecule has 0 fully saturated rings. The van der Waals surface area contributed by atoms with Gasteiger partial charge in [0.25, 0.3) is 0 Å². The van der Waals surface area contributed by atoms with Crippen LogP contribution in [0.3, 0.4) is 0 Å². The minimum atomic E-state index is 0.848. The summed E-state index contributed by atoms with van der Waals surface area (Å²) in [6.07, 6.45) is 31.4. The second-order valence-corrected chi connectivity index (χ2v) is 6.06. The fraction of sp³-hybridized carbons (Fsp3) is 0.409. The third-order valence-corrected chi connectivity index (χ3v) is 3.65. The van der Waals surface area contributed by atoms with Gasteiger partial charge in [-0.05, 0) is 44.1 Å². The lowest BCUT2D eigenvalue weighted by Gasteiger charge is -2.05. The minimum absolute atomic E-state index is 0.848. The van der Waals surface area contributed by atoms with Crippen LogP contribution in [0.1, 0.15) is 46.0 Å². The molecule has 0 saturated carbocycles. The van der Waals surface area contributed by atoms with Gasteiger partial charge in [0.05, 0.1) is 0 Å². The van der Waals surface area contributed by atoms with Crippen molar-refractivity contribution < 1.29 is 0 Å². The standard InChI is InChI=1S/C12H18.C10H13N/c1-12-10-8-6-4-2-3-5-7-9-11-12;1-10-7-5-3-2-4-6-8-11-9-10/h2-6,8,12H,7,9-11H2,1H3;2-5,7,9H,6,8H2,1H3/b4-2-,5-3+,8-6+;4-2+,5-3-,10-7-,11-9?. The predicted octanol–water partition coefficient (Wildman–Crippen LogP) is 6.38. The molecule has 23 heavy (non-hydrogen) atoms. The molecule has 2 rings (SSSR count). The van der Waals surface area contributed by atoms with E-state index in [2.05, 4.69) is 73.5 Å². The third-order valence-electron chi connectivity index (χ3n) is 3.65. The summed E-state index contributed by atoms with van der Waals surface area (Å²) in [6.45, 7) is 5.28. The molecular formula is C22H31N. The Balaban J connectivity index is 0.000000231. The highest BCUT2D eigenvalue weighted by Crippen LogP contribution is 2.13. The number of nitrogens with zero attached hydrogens (tertiary/aromatic N) is 1. The summed E-state index contributed by atoms with van der Waals surface area (Å²) in [4.78, 5) is 4.24. The molecule has 0 amide bonds. The summed E-state index contributed by atoms with van der Waals surface area (Å²) in [5, 5.41) is 0. The molecule has 0 spiro atoms. The summed E-state index contributed by atoms with van der Waals surface area (Å²) in [5.74, 6) is 0.848. The van der Waals surface area contributed by atoms with Gasteiger partial charge in [0.15, 0.2) is 0 Å². The van der Waals surface area contributed by atoms with Gasteiger partial charge in [-0.15, -0.1) is 0 Å². The maximum atomic E-state index is 4.24. The zero-order chi connectivity index (χ0) is 16.6. The molecule has 0 radical (unpaired) electrons. The molecule has 1 heteroatoms. The number of aliphatic imine (C=N–C) groups is 1. The topological polar surface area (TPSA) is 12.4 Å². The van der Waals surface area contributed by atoms with E-state index in [1.54, 1.807) is 0 Å². The van der Waals surface area contributed by atoms with Crippen LogP contribution >= 0.6 is 0 Å². The van der Waals surface area contributed by atoms with E-state index in [-0.39, 0.29) is 0 Å². The first kappa shape index (κ1) is 19.2. The normalized spacial score (nSPS) is 31.0. The predicted molar refractivity (Wildman–Crippen MR) is 105 cm³/mol. The fourth-order valence-electron chi connectivity index (χ4n) is 2.24. The highest BCUT2D eigenvalue weighted by atomic mass is 14.7. The summed E-state index contributed by atoms with van der Waals surface area (Å²) in [7, 11) is 0. The quantitative estimate of drug-likeness (QED) is 0.492. The summed E-state index contributed by atoms with van der Waals surface area (Å²) in [5.41, 5.74) is 1.21. The van der Waals surface area contributed by atoms with Crippen molar-refractivity contribution in [3.8, 4) is 0 Å². The number of allylic oxidation sites excluding steroid dienone is 11. The lowest BCUT2D eigenvalue weighted by atomic mass is 10.0. The Labute approximate surface area is 142 Å². The SMILES string of the molecule is C/C1=C/C=C\C=C\CCN=C1.CC1C/C=C/C=C\C=C\CCC1. The van der Waals surface area contributed by atoms with E-state index in [4.69, 9.17) is 0 Å². The maximum Gasteiger partial charge on any atom is 0.0423 e. The van der Waals surface area contributed by atoms with E-state index < -0.39 is 0 Å². The van der Waals surface area contributed by atoms with Crippen LogP contribution < -0.4 is 0 Å². The van der Waals surface area contributed by atoms with Crippen LogP contribution in [0.5, 0.6) is 0 Å². The van der Waals surface area contributed by atoms with Crippen LogP contribution in [0, 0.1) is 5.92 Å². The van der Waals surface area contributed by atoms with Crippen molar-refractivity contribution in [2.75, 3.05) is 6.54 Å². The van der Waals surface area contributed by atoms with E-state index in [9.17, 15) is 0 Å². The minimum Gasteiger partial charge on any atom is -0.293 e. The average molecular weight is 309 g/mol. The Morgan fingerprint density at radius 1 is 0.870 bits per heavy atom. The molecule has 0 saturated heterocycles. The van der Waals surface area contributed by atoms with Crippen molar-refractivity contribution in [2.24, 2.45) is 10.9 Å². The molecule has 1 aliphatic carbocycles. The highest BCUT2D eigenvalue weighted by Gasteiger charge is 1.97. The Morgan fingerprint density at radius 2 is 1.57 bits per heavy atom. The maximum absolute atomic E-state index is 4.24. The molecule has 124 valence electrons. The van der Waals surface area contributed by atoms with Gasteiger partial charge in [-0.2, -0.15) is 0 Å². The van der Waals surface area contributed by atoms with Gasteiger partial charge in [0.2, 0.25) is 0 Å². The molecule has 0 N–H and O–H groups in total. The Kier molecular flexibility index (Phi) is 11.5. The molecule has 1 unspecified atom stereocenters. The second-order valence-electron chi connectivity index (χ2n) is 6.06. The zero-order valence-electron chi connectivity index (χ0n) is 14.7. The largest absolute Gasteiger partial charge is 0.293 e. The molecule has 1 aliphatic heterocycles. The number of hydrogen-bond acceptors (Lipinski definition) is 1. The van der Waals surface area contributed by atoms with Crippen LogP contribution in [-0.4, -0.2) is 12.8 Å². The smallest absolute Gasteiger partial charge is 0.0423 e. The first-order valence-corrected chi connectivity index (χ1v) is 8.77. The van der Waals surface area contributed by atoms with E-state index in [0.29, 0.717) is 0 Å². The number of hydrogen-bond donors (Lipinski definition) is 0. The van der Waals surface area contributed by atoms with Crippen molar-refractivity contribution in [3.05, 3.63) is 72.4 Å². The third kappa shape index (κ3) is 12.3. The molecular weight excluding hydrogens is 278 g/mol. The first-order valence-electron chi connectivity index (χ1n) is 8.77. The van der Waals surface area contributed by atoms with Crippen molar-refractivity contribution in [1.82, 2.24) is 0 Å². The van der Waals surface area contributed by atoms with Gasteiger partial charge in [-0.3, -0.25) is 4.99 Å². The number of rotatable bonds is 0. The van der Waals surface area contributed by atoms with Gasteiger partial charge in [0, 0.05) is 12.8 Å². The van der Waals surface area contributed by atoms with Gasteiger partial charge in [0.1, 0.15) is 0 Å². The van der Waals surface area contributed by atoms with E-state index >= 15 is 0 Å². The van der Waals surface area contributed by atoms with Crippen molar-refractivity contribution in [3.63, 3.8) is 0 Å². The van der Waals surface area contributed by atoms with Gasteiger partial charge in [-0.25, -0.2) is 0 Å². The van der Waals surface area contributed by atoms with Crippen molar-refractivity contribution in [1.29, 1.82) is 0 Å². The molecule has 1 heterocycles. The highest BCUT2D eigenvalue weighted by molar-refractivity contribution is 5.78. The van der Waals surface area contributed by atoms with E-state index in [0.717, 1.165) is 18.9 Å². The van der Waals surface area contributed by atoms with E-state index in [1.807, 2.05) is 18.4 Å². The molecule has 0 aromatic carbocycles. The molecule has 1 atom stereocenters. The lowest BCUT2D eigenvalue weighted by Crippen LogP contribution is -1.91. The molecule has 0 bridgehead atoms. The second kappa shape index (κ2) is 13.8. The average Bonchev–Trinajstić information content (AvgIpc) is 2.61. The fourth-order valence-corrected chi connectivity index (χ4v) is 2.24. The molecule has 0 aromatic heterocycles. The molecule has 0 aromatic rings. The van der Waals surface area contributed by atoms with Crippen LogP contribution in [0.4, 0.5) is 0 Å². The van der Waals surface area contributed by atoms with Gasteiger partial charge >= 0.3 is 0 Å². The Bertz CT molecular complexity index is 498. The van der Waals surface area contributed by atoms with Crippen LogP contribution in [0.25, 0.3) is 0 Å². The summed E-state index contributed by atoms with van der Waals surface area (Å²) < 4.78 is 0. The van der Waals surface area contributed by atoms with Crippen LogP contribution in [-0.2, 0) is 0 Å². The van der Waals surface area contributed by atoms with Gasteiger partial charge in [-0.1, -0.05) is 80.2 Å². The van der Waals surface area contributed by atoms with E-state index in [1.165, 1.54) is 31.3 Å². The lowest BCUT2D eigenvalue weighted by molar-refractivity contribution is 0.519. The molecule has 1 nitrogen and oxygen atoms in total. The summed E-state index contributed by atoms with van der Waals surface area (Å²) >= 11 is 0. The van der Waals surface area contributed by atoms with Crippen LogP contribution in [0.2, 0.25) is 0 Å². The van der Waals surface area contributed by atoms with Gasteiger partial charge < -0.3 is 0 Å². The van der Waals surface area contributed by atoms with Crippen LogP contribution in [0.15, 0.2) is 77.4 Å². The van der Waals surface area contributed by atoms with Crippen molar-refractivity contribution >= 4 is 6.21 Å². The zero-order valence-corrected chi connectivity index (χ0v) is 14.7. The monoisotopic (exact) mass is 309 g/mol. The Hall–Kier alpha value is -1.89. The van der Waals surface area contributed by atoms with Crippen molar-refractivity contribution in [2.45, 2.75) is 46.0 Å².